The van der Waals surface area contributed by atoms with Gasteiger partial charge in [0, 0.05) is 6.54 Å². The van der Waals surface area contributed by atoms with Crippen LogP contribution in [0.5, 0.6) is 0 Å². The van der Waals surface area contributed by atoms with Crippen LogP contribution < -0.4 is 16.4 Å². The normalized spacial score (nSPS) is 10.1. The lowest BCUT2D eigenvalue weighted by molar-refractivity contribution is 0.0701. The van der Waals surface area contributed by atoms with Crippen LogP contribution in [0.3, 0.4) is 0 Å². The SMILES string of the molecule is Cc1nc(CNC(=O)NCCCN)sc1C(=O)O. The molecule has 0 bridgehead atoms. The zero-order valence-corrected chi connectivity index (χ0v) is 10.8. The maximum absolute atomic E-state index is 11.3. The third kappa shape index (κ3) is 4.30. The first-order chi connectivity index (χ1) is 8.54. The molecule has 0 unspecified atom stereocenters. The fourth-order valence-electron chi connectivity index (χ4n) is 1.25. The molecule has 0 aliphatic rings. The number of amides is 2. The largest absolute Gasteiger partial charge is 0.477 e. The predicted octanol–water partition coefficient (Wildman–Crippen LogP) is 0.298. The molecule has 0 saturated heterocycles. The third-order valence-corrected chi connectivity index (χ3v) is 3.25. The summed E-state index contributed by atoms with van der Waals surface area (Å²) >= 11 is 1.06. The van der Waals surface area contributed by atoms with Gasteiger partial charge in [-0.3, -0.25) is 0 Å². The maximum atomic E-state index is 11.3. The lowest BCUT2D eigenvalue weighted by atomic mass is 10.4. The Morgan fingerprint density at radius 2 is 2.17 bits per heavy atom. The summed E-state index contributed by atoms with van der Waals surface area (Å²) in [6.07, 6.45) is 0.715. The van der Waals surface area contributed by atoms with Crippen molar-refractivity contribution in [1.82, 2.24) is 15.6 Å². The summed E-state index contributed by atoms with van der Waals surface area (Å²) in [4.78, 5) is 26.4. The van der Waals surface area contributed by atoms with Gasteiger partial charge >= 0.3 is 12.0 Å². The van der Waals surface area contributed by atoms with Crippen molar-refractivity contribution in [3.63, 3.8) is 0 Å². The van der Waals surface area contributed by atoms with Crippen LogP contribution in [0.25, 0.3) is 0 Å². The number of hydrogen-bond donors (Lipinski definition) is 4. The van der Waals surface area contributed by atoms with E-state index < -0.39 is 5.97 Å². The Balaban J connectivity index is 2.41. The lowest BCUT2D eigenvalue weighted by Gasteiger charge is -2.04. The molecule has 0 atom stereocenters. The molecule has 100 valence electrons. The minimum absolute atomic E-state index is 0.204. The number of carbonyl (C=O) groups excluding carboxylic acids is 1. The van der Waals surface area contributed by atoms with Gasteiger partial charge in [0.1, 0.15) is 9.88 Å². The molecule has 0 aliphatic heterocycles. The number of nitrogens with one attached hydrogen (secondary N) is 2. The quantitative estimate of drug-likeness (QED) is 0.555. The number of aryl methyl sites for hydroxylation is 1. The van der Waals surface area contributed by atoms with Gasteiger partial charge in [0.05, 0.1) is 12.2 Å². The average Bonchev–Trinajstić information content (AvgIpc) is 2.68. The molecular weight excluding hydrogens is 256 g/mol. The summed E-state index contributed by atoms with van der Waals surface area (Å²) in [6.45, 7) is 2.88. The monoisotopic (exact) mass is 272 g/mol. The van der Waals surface area contributed by atoms with E-state index in [1.807, 2.05) is 0 Å². The summed E-state index contributed by atoms with van der Waals surface area (Å²) in [7, 11) is 0. The molecule has 0 spiro atoms. The van der Waals surface area contributed by atoms with Crippen molar-refractivity contribution in [2.45, 2.75) is 19.9 Å². The summed E-state index contributed by atoms with van der Waals surface area (Å²) < 4.78 is 0. The van der Waals surface area contributed by atoms with Crippen LogP contribution in [0.4, 0.5) is 4.79 Å². The number of nitrogens with two attached hydrogens (primary N) is 1. The molecule has 5 N–H and O–H groups in total. The minimum Gasteiger partial charge on any atom is -0.477 e. The average molecular weight is 272 g/mol. The number of urea groups is 1. The van der Waals surface area contributed by atoms with Gasteiger partial charge in [0.25, 0.3) is 0 Å². The summed E-state index contributed by atoms with van der Waals surface area (Å²) in [5.74, 6) is -0.997. The standard InChI is InChI=1S/C10H16N4O3S/c1-6-8(9(15)16)18-7(14-6)5-13-10(17)12-4-2-3-11/h2-5,11H2,1H3,(H,15,16)(H2,12,13,17). The molecule has 8 heteroatoms. The molecule has 2 amide bonds. The minimum atomic E-state index is -0.997. The van der Waals surface area contributed by atoms with E-state index in [1.165, 1.54) is 0 Å². The van der Waals surface area contributed by atoms with Gasteiger partial charge in [-0.2, -0.15) is 0 Å². The molecule has 0 aromatic carbocycles. The molecule has 7 nitrogen and oxygen atoms in total. The van der Waals surface area contributed by atoms with Gasteiger partial charge in [0.15, 0.2) is 0 Å². The summed E-state index contributed by atoms with van der Waals surface area (Å²) in [5.41, 5.74) is 5.76. The van der Waals surface area contributed by atoms with Crippen LogP contribution in [0.15, 0.2) is 0 Å². The fraction of sp³-hybridized carbons (Fsp3) is 0.500. The topological polar surface area (TPSA) is 117 Å². The van der Waals surface area contributed by atoms with E-state index in [-0.39, 0.29) is 17.5 Å². The van der Waals surface area contributed by atoms with Crippen LogP contribution in [-0.2, 0) is 6.54 Å². The molecule has 18 heavy (non-hydrogen) atoms. The number of thiazole rings is 1. The van der Waals surface area contributed by atoms with Crippen molar-refractivity contribution in [3.05, 3.63) is 15.6 Å². The van der Waals surface area contributed by atoms with Crippen molar-refractivity contribution in [3.8, 4) is 0 Å². The number of nitrogens with zero attached hydrogens (tertiary/aromatic N) is 1. The Labute approximate surface area is 108 Å². The van der Waals surface area contributed by atoms with Crippen LogP contribution >= 0.6 is 11.3 Å². The molecule has 0 saturated carbocycles. The molecule has 0 aliphatic carbocycles. The van der Waals surface area contributed by atoms with Crippen molar-refractivity contribution >= 4 is 23.3 Å². The number of rotatable bonds is 6. The molecule has 0 fully saturated rings. The first kappa shape index (κ1) is 14.4. The highest BCUT2D eigenvalue weighted by Gasteiger charge is 2.14. The maximum Gasteiger partial charge on any atom is 0.347 e. The van der Waals surface area contributed by atoms with E-state index in [0.717, 1.165) is 11.3 Å². The molecule has 1 aromatic heterocycles. The molecule has 0 radical (unpaired) electrons. The highest BCUT2D eigenvalue weighted by atomic mass is 32.1. The fourth-order valence-corrected chi connectivity index (χ4v) is 2.09. The van der Waals surface area contributed by atoms with E-state index in [0.29, 0.717) is 30.2 Å². The number of aromatic carboxylic acids is 1. The van der Waals surface area contributed by atoms with Crippen LogP contribution in [0.1, 0.15) is 26.8 Å². The van der Waals surface area contributed by atoms with E-state index in [9.17, 15) is 9.59 Å². The molecular formula is C10H16N4O3S. The van der Waals surface area contributed by atoms with Crippen molar-refractivity contribution in [1.29, 1.82) is 0 Å². The predicted molar refractivity (Wildman–Crippen MR) is 67.7 cm³/mol. The van der Waals surface area contributed by atoms with Crippen molar-refractivity contribution in [2.24, 2.45) is 5.73 Å². The van der Waals surface area contributed by atoms with Gasteiger partial charge in [-0.1, -0.05) is 0 Å². The van der Waals surface area contributed by atoms with Crippen molar-refractivity contribution in [2.75, 3.05) is 13.1 Å². The Bertz CT molecular complexity index is 433. The Morgan fingerprint density at radius 3 is 2.72 bits per heavy atom. The van der Waals surface area contributed by atoms with Gasteiger partial charge in [-0.15, -0.1) is 11.3 Å². The first-order valence-corrected chi connectivity index (χ1v) is 6.27. The second-order valence-electron chi connectivity index (χ2n) is 3.58. The van der Waals surface area contributed by atoms with Crippen LogP contribution in [0.2, 0.25) is 0 Å². The molecule has 1 aromatic rings. The number of carboxylic acids is 1. The highest BCUT2D eigenvalue weighted by Crippen LogP contribution is 2.17. The number of aromatic nitrogens is 1. The zero-order valence-electron chi connectivity index (χ0n) is 10.0. The highest BCUT2D eigenvalue weighted by molar-refractivity contribution is 7.13. The lowest BCUT2D eigenvalue weighted by Crippen LogP contribution is -2.36. The Hall–Kier alpha value is -1.67. The Morgan fingerprint density at radius 1 is 1.44 bits per heavy atom. The molecule has 1 rings (SSSR count). The van der Waals surface area contributed by atoms with Gasteiger partial charge < -0.3 is 21.5 Å². The zero-order chi connectivity index (χ0) is 13.5. The van der Waals surface area contributed by atoms with Crippen LogP contribution in [-0.4, -0.2) is 35.2 Å². The van der Waals surface area contributed by atoms with E-state index in [2.05, 4.69) is 15.6 Å². The first-order valence-electron chi connectivity index (χ1n) is 5.46. The van der Waals surface area contributed by atoms with E-state index in [1.54, 1.807) is 6.92 Å². The smallest absolute Gasteiger partial charge is 0.347 e. The second kappa shape index (κ2) is 6.92. The molecule has 1 heterocycles. The number of carboxylic acid groups (broad SMARTS) is 1. The second-order valence-corrected chi connectivity index (χ2v) is 4.66. The number of carbonyl (C=O) groups is 2. The number of hydrogen-bond acceptors (Lipinski definition) is 5. The van der Waals surface area contributed by atoms with Gasteiger partial charge in [-0.05, 0) is 19.9 Å². The third-order valence-electron chi connectivity index (χ3n) is 2.10. The Kier molecular flexibility index (Phi) is 5.53. The summed E-state index contributed by atoms with van der Waals surface area (Å²) in [5, 5.41) is 14.7. The van der Waals surface area contributed by atoms with Gasteiger partial charge in [0.2, 0.25) is 0 Å². The van der Waals surface area contributed by atoms with Crippen molar-refractivity contribution < 1.29 is 14.7 Å². The van der Waals surface area contributed by atoms with Gasteiger partial charge in [-0.25, -0.2) is 14.6 Å². The van der Waals surface area contributed by atoms with Crippen LogP contribution in [0, 0.1) is 6.92 Å². The van der Waals surface area contributed by atoms with E-state index in [4.69, 9.17) is 10.8 Å². The summed E-state index contributed by atoms with van der Waals surface area (Å²) in [6, 6.07) is -0.312. The van der Waals surface area contributed by atoms with E-state index >= 15 is 0 Å².